The summed E-state index contributed by atoms with van der Waals surface area (Å²) < 4.78 is 0.727. The lowest BCUT2D eigenvalue weighted by Gasteiger charge is -2.30. The van der Waals surface area contributed by atoms with Gasteiger partial charge in [0.25, 0.3) is 0 Å². The molecule has 0 bridgehead atoms. The minimum atomic E-state index is -0.0254. The van der Waals surface area contributed by atoms with Crippen LogP contribution in [0.2, 0.25) is 0 Å². The fourth-order valence-electron chi connectivity index (χ4n) is 1.72. The molecule has 1 amide bonds. The normalized spacial score (nSPS) is 32.8. The predicted octanol–water partition coefficient (Wildman–Crippen LogP) is 1.62. The molecule has 13 heavy (non-hydrogen) atoms. The van der Waals surface area contributed by atoms with Crippen LogP contribution in [-0.2, 0) is 4.79 Å². The fourth-order valence-corrected chi connectivity index (χ4v) is 2.19. The summed E-state index contributed by atoms with van der Waals surface area (Å²) in [6.07, 6.45) is 5.08. The predicted molar refractivity (Wildman–Crippen MR) is 52.4 cm³/mol. The van der Waals surface area contributed by atoms with Crippen LogP contribution in [0.4, 0.5) is 0 Å². The smallest absolute Gasteiger partial charge is 0.220 e. The van der Waals surface area contributed by atoms with Crippen molar-refractivity contribution in [1.82, 2.24) is 5.32 Å². The molecule has 0 spiro atoms. The SMILES string of the molecule is O=C1CCC2C=C(Br)C(O)=CC2N1. The summed E-state index contributed by atoms with van der Waals surface area (Å²) in [5.74, 6) is 0.600. The number of amides is 1. The maximum Gasteiger partial charge on any atom is 0.220 e. The number of carbonyl (C=O) groups is 1. The van der Waals surface area contributed by atoms with Crippen LogP contribution in [0.3, 0.4) is 0 Å². The molecule has 70 valence electrons. The van der Waals surface area contributed by atoms with E-state index in [1.165, 1.54) is 0 Å². The topological polar surface area (TPSA) is 49.3 Å². The molecule has 1 aliphatic carbocycles. The second kappa shape index (κ2) is 3.18. The van der Waals surface area contributed by atoms with E-state index in [0.29, 0.717) is 12.3 Å². The Balaban J connectivity index is 2.21. The molecule has 0 aromatic rings. The van der Waals surface area contributed by atoms with E-state index in [0.717, 1.165) is 10.9 Å². The van der Waals surface area contributed by atoms with Crippen molar-refractivity contribution in [2.24, 2.45) is 5.92 Å². The number of aliphatic hydroxyl groups is 1. The van der Waals surface area contributed by atoms with Crippen molar-refractivity contribution in [1.29, 1.82) is 0 Å². The van der Waals surface area contributed by atoms with E-state index >= 15 is 0 Å². The first-order valence-electron chi connectivity index (χ1n) is 4.24. The molecule has 2 atom stereocenters. The second-order valence-corrected chi connectivity index (χ2v) is 4.22. The van der Waals surface area contributed by atoms with E-state index in [1.807, 2.05) is 6.08 Å². The summed E-state index contributed by atoms with van der Waals surface area (Å²) in [6.45, 7) is 0. The van der Waals surface area contributed by atoms with Gasteiger partial charge in [0.2, 0.25) is 5.91 Å². The van der Waals surface area contributed by atoms with Crippen molar-refractivity contribution in [3.05, 3.63) is 22.4 Å². The first kappa shape index (κ1) is 8.81. The molecule has 1 aliphatic heterocycles. The number of hydrogen-bond donors (Lipinski definition) is 2. The summed E-state index contributed by atoms with van der Waals surface area (Å²) in [5, 5.41) is 12.2. The van der Waals surface area contributed by atoms with Gasteiger partial charge in [0.15, 0.2) is 0 Å². The van der Waals surface area contributed by atoms with Crippen LogP contribution < -0.4 is 5.32 Å². The highest BCUT2D eigenvalue weighted by molar-refractivity contribution is 9.11. The molecular weight excluding hydrogens is 234 g/mol. The molecule has 3 nitrogen and oxygen atoms in total. The first-order valence-corrected chi connectivity index (χ1v) is 5.04. The highest BCUT2D eigenvalue weighted by atomic mass is 79.9. The lowest BCUT2D eigenvalue weighted by Crippen LogP contribution is -2.44. The second-order valence-electron chi connectivity index (χ2n) is 3.36. The summed E-state index contributed by atoms with van der Waals surface area (Å²) >= 11 is 3.26. The number of carbonyl (C=O) groups excluding carboxylic acids is 1. The number of fused-ring (bicyclic) bond motifs is 1. The first-order chi connectivity index (χ1) is 6.16. The molecule has 1 heterocycles. The Hall–Kier alpha value is -0.770. The Morgan fingerprint density at radius 1 is 1.54 bits per heavy atom. The van der Waals surface area contributed by atoms with E-state index in [9.17, 15) is 9.90 Å². The lowest BCUT2D eigenvalue weighted by molar-refractivity contribution is -0.123. The molecule has 2 aliphatic rings. The number of allylic oxidation sites excluding steroid dienone is 1. The minimum absolute atomic E-state index is 0.0254. The van der Waals surface area contributed by atoms with Crippen LogP contribution in [0, 0.1) is 5.92 Å². The van der Waals surface area contributed by atoms with Crippen molar-refractivity contribution in [3.8, 4) is 0 Å². The Morgan fingerprint density at radius 2 is 2.31 bits per heavy atom. The van der Waals surface area contributed by atoms with E-state index < -0.39 is 0 Å². The Morgan fingerprint density at radius 3 is 3.08 bits per heavy atom. The van der Waals surface area contributed by atoms with E-state index in [1.54, 1.807) is 6.08 Å². The number of piperidine rings is 1. The summed E-state index contributed by atoms with van der Waals surface area (Å²) in [5.41, 5.74) is 0. The Labute approximate surface area is 84.6 Å². The molecule has 1 fully saturated rings. The van der Waals surface area contributed by atoms with Crippen LogP contribution in [-0.4, -0.2) is 17.1 Å². The Kier molecular flexibility index (Phi) is 2.15. The van der Waals surface area contributed by atoms with Gasteiger partial charge in [-0.1, -0.05) is 6.08 Å². The average molecular weight is 244 g/mol. The van der Waals surface area contributed by atoms with Gasteiger partial charge in [0.1, 0.15) is 5.76 Å². The summed E-state index contributed by atoms with van der Waals surface area (Å²) in [4.78, 5) is 11.1. The number of nitrogens with one attached hydrogen (secondary N) is 1. The molecule has 2 N–H and O–H groups in total. The van der Waals surface area contributed by atoms with Gasteiger partial charge in [-0.3, -0.25) is 4.79 Å². The third kappa shape index (κ3) is 1.63. The number of halogens is 1. The van der Waals surface area contributed by atoms with Crippen LogP contribution in [0.25, 0.3) is 0 Å². The molecular formula is C9H10BrNO2. The van der Waals surface area contributed by atoms with Crippen molar-refractivity contribution >= 4 is 21.8 Å². The molecule has 2 rings (SSSR count). The molecule has 4 heteroatoms. The van der Waals surface area contributed by atoms with E-state index in [4.69, 9.17) is 0 Å². The van der Waals surface area contributed by atoms with Gasteiger partial charge in [-0.15, -0.1) is 0 Å². The average Bonchev–Trinajstić information content (AvgIpc) is 2.08. The van der Waals surface area contributed by atoms with Gasteiger partial charge in [-0.05, 0) is 28.4 Å². The maximum atomic E-state index is 11.1. The van der Waals surface area contributed by atoms with Gasteiger partial charge in [-0.2, -0.15) is 0 Å². The van der Waals surface area contributed by atoms with Gasteiger partial charge in [0.05, 0.1) is 10.5 Å². The van der Waals surface area contributed by atoms with Gasteiger partial charge < -0.3 is 10.4 Å². The molecule has 0 saturated carbocycles. The fraction of sp³-hybridized carbons (Fsp3) is 0.444. The van der Waals surface area contributed by atoms with Crippen molar-refractivity contribution < 1.29 is 9.90 Å². The van der Waals surface area contributed by atoms with Gasteiger partial charge in [0, 0.05) is 12.3 Å². The molecule has 1 saturated heterocycles. The summed E-state index contributed by atoms with van der Waals surface area (Å²) in [7, 11) is 0. The highest BCUT2D eigenvalue weighted by Gasteiger charge is 2.29. The lowest BCUT2D eigenvalue weighted by atomic mass is 9.87. The quantitative estimate of drug-likeness (QED) is 0.680. The minimum Gasteiger partial charge on any atom is -0.507 e. The number of hydrogen-bond acceptors (Lipinski definition) is 2. The van der Waals surface area contributed by atoms with Crippen molar-refractivity contribution in [3.63, 3.8) is 0 Å². The van der Waals surface area contributed by atoms with Gasteiger partial charge >= 0.3 is 0 Å². The standard InChI is InChI=1S/C9H10BrNO2/c10-6-3-5-1-2-9(13)11-7(5)4-8(6)12/h3-5,7,12H,1-2H2,(H,11,13). The van der Waals surface area contributed by atoms with Gasteiger partial charge in [-0.25, -0.2) is 0 Å². The number of rotatable bonds is 0. The largest absolute Gasteiger partial charge is 0.507 e. The number of aliphatic hydroxyl groups excluding tert-OH is 1. The maximum absolute atomic E-state index is 11.1. The zero-order valence-electron chi connectivity index (χ0n) is 6.96. The third-order valence-corrected chi connectivity index (χ3v) is 3.11. The highest BCUT2D eigenvalue weighted by Crippen LogP contribution is 2.30. The zero-order chi connectivity index (χ0) is 9.42. The van der Waals surface area contributed by atoms with Crippen molar-refractivity contribution in [2.75, 3.05) is 0 Å². The molecule has 0 aromatic carbocycles. The van der Waals surface area contributed by atoms with E-state index in [2.05, 4.69) is 21.2 Å². The van der Waals surface area contributed by atoms with Crippen molar-refractivity contribution in [2.45, 2.75) is 18.9 Å². The summed E-state index contributed by atoms with van der Waals surface area (Å²) in [6, 6.07) is -0.0254. The van der Waals surface area contributed by atoms with Crippen LogP contribution in [0.5, 0.6) is 0 Å². The molecule has 0 radical (unpaired) electrons. The van der Waals surface area contributed by atoms with E-state index in [-0.39, 0.29) is 17.7 Å². The molecule has 0 aromatic heterocycles. The van der Waals surface area contributed by atoms with Crippen LogP contribution >= 0.6 is 15.9 Å². The third-order valence-electron chi connectivity index (χ3n) is 2.44. The van der Waals surface area contributed by atoms with Crippen LogP contribution in [0.1, 0.15) is 12.8 Å². The van der Waals surface area contributed by atoms with Crippen LogP contribution in [0.15, 0.2) is 22.4 Å². The monoisotopic (exact) mass is 243 g/mol. The Bertz CT molecular complexity index is 309. The zero-order valence-corrected chi connectivity index (χ0v) is 8.54. The molecule has 2 unspecified atom stereocenters.